The largest absolute Gasteiger partial charge is 0.486 e. The van der Waals surface area contributed by atoms with Gasteiger partial charge in [0.1, 0.15) is 16.7 Å². The van der Waals surface area contributed by atoms with Crippen molar-refractivity contribution in [3.8, 4) is 5.75 Å². The monoisotopic (exact) mass is 623 g/mol. The van der Waals surface area contributed by atoms with Gasteiger partial charge in [0.2, 0.25) is 5.60 Å². The lowest BCUT2D eigenvalue weighted by molar-refractivity contribution is -0.242. The Morgan fingerprint density at radius 3 is 2.54 bits per heavy atom. The summed E-state index contributed by atoms with van der Waals surface area (Å²) in [5, 5.41) is 5.91. The van der Waals surface area contributed by atoms with Crippen molar-refractivity contribution in [3.63, 3.8) is 0 Å². The first-order valence-electron chi connectivity index (χ1n) is 12.3. The molecular formula is C24H29ClF3N5O7S. The number of hydrogen-bond acceptors (Lipinski definition) is 9. The summed E-state index contributed by atoms with van der Waals surface area (Å²) in [5.74, 6) is -0.335. The number of fused-ring (bicyclic) bond motifs is 1. The molecule has 1 N–H and O–H groups in total. The summed E-state index contributed by atoms with van der Waals surface area (Å²) in [6, 6.07) is 3.89. The van der Waals surface area contributed by atoms with Gasteiger partial charge in [-0.1, -0.05) is 11.6 Å². The standard InChI is InChI=1S/C24H29ClF3N5O7S/c1-6-32-13-19(21(25)31-32)41(36,37)33-12-16(8-10-20(29-5)38-14(2)34)39-18-9-7-15(11-17(18)33)30-22(35)40-23(3,4)24(26,27)28/h7,9,11,13,16H,6,8,10,12H2,1-5H3,(H,30,35)/t16-/m0/s1. The Kier molecular flexibility index (Phi) is 9.47. The smallest absolute Gasteiger partial charge is 0.427 e. The van der Waals surface area contributed by atoms with Crippen LogP contribution in [0.1, 0.15) is 40.5 Å². The topological polar surface area (TPSA) is 141 Å². The molecule has 0 saturated carbocycles. The number of nitrogens with one attached hydrogen (secondary N) is 1. The van der Waals surface area contributed by atoms with Gasteiger partial charge in [-0.3, -0.25) is 24.1 Å². The number of aromatic nitrogens is 2. The molecule has 0 bridgehead atoms. The quantitative estimate of drug-likeness (QED) is 0.252. The fourth-order valence-corrected chi connectivity index (χ4v) is 5.64. The molecular weight excluding hydrogens is 595 g/mol. The number of carbonyl (C=O) groups excluding carboxylic acids is 2. The van der Waals surface area contributed by atoms with Crippen molar-refractivity contribution in [1.82, 2.24) is 9.78 Å². The number of esters is 1. The molecule has 41 heavy (non-hydrogen) atoms. The van der Waals surface area contributed by atoms with Crippen LogP contribution in [0.15, 0.2) is 34.3 Å². The number of anilines is 2. The molecule has 17 heteroatoms. The maximum atomic E-state index is 13.8. The van der Waals surface area contributed by atoms with E-state index in [-0.39, 0.29) is 52.5 Å². The first kappa shape index (κ1) is 32.0. The third-order valence-electron chi connectivity index (χ3n) is 5.94. The summed E-state index contributed by atoms with van der Waals surface area (Å²) in [6.45, 7) is 4.47. The van der Waals surface area contributed by atoms with E-state index in [9.17, 15) is 31.2 Å². The van der Waals surface area contributed by atoms with Crippen molar-refractivity contribution < 1.29 is 45.4 Å². The van der Waals surface area contributed by atoms with Crippen LogP contribution in [0.25, 0.3) is 0 Å². The molecule has 0 fully saturated rings. The van der Waals surface area contributed by atoms with E-state index in [1.54, 1.807) is 6.92 Å². The summed E-state index contributed by atoms with van der Waals surface area (Å²) in [7, 11) is -2.92. The Balaban J connectivity index is 1.96. The van der Waals surface area contributed by atoms with Crippen LogP contribution < -0.4 is 14.4 Å². The Labute approximate surface area is 239 Å². The number of carbonyl (C=O) groups is 2. The Bertz CT molecular complexity index is 1440. The zero-order valence-corrected chi connectivity index (χ0v) is 24.4. The predicted molar refractivity (Wildman–Crippen MR) is 143 cm³/mol. The second-order valence-electron chi connectivity index (χ2n) is 9.37. The molecule has 1 aliphatic rings. The molecule has 0 radical (unpaired) electrons. The fraction of sp³-hybridized carbons (Fsp3) is 0.500. The van der Waals surface area contributed by atoms with Gasteiger partial charge in [-0.15, -0.1) is 0 Å². The molecule has 0 unspecified atom stereocenters. The van der Waals surface area contributed by atoms with Crippen molar-refractivity contribution in [2.75, 3.05) is 23.2 Å². The molecule has 1 aromatic carbocycles. The van der Waals surface area contributed by atoms with Crippen LogP contribution in [-0.4, -0.2) is 67.6 Å². The van der Waals surface area contributed by atoms with E-state index in [4.69, 9.17) is 21.1 Å². The molecule has 1 atom stereocenters. The molecule has 0 aliphatic carbocycles. The SMILES string of the molecule is CCn1cc(S(=O)(=O)N2C[C@H](CCC(=NC)OC(C)=O)Oc3ccc(NC(=O)OC(C)(C)C(F)(F)F)cc32)c(Cl)n1. The Morgan fingerprint density at radius 1 is 1.29 bits per heavy atom. The molecule has 0 saturated heterocycles. The summed E-state index contributed by atoms with van der Waals surface area (Å²) in [4.78, 5) is 27.2. The highest BCUT2D eigenvalue weighted by Crippen LogP contribution is 2.41. The van der Waals surface area contributed by atoms with Crippen LogP contribution in [0, 0.1) is 0 Å². The van der Waals surface area contributed by atoms with E-state index in [0.717, 1.165) is 4.31 Å². The highest BCUT2D eigenvalue weighted by Gasteiger charge is 2.51. The molecule has 0 spiro atoms. The number of aryl methyl sites for hydroxylation is 1. The first-order chi connectivity index (χ1) is 19.0. The Morgan fingerprint density at radius 2 is 1.98 bits per heavy atom. The number of hydrogen-bond donors (Lipinski definition) is 1. The molecule has 1 amide bonds. The minimum Gasteiger partial charge on any atom is -0.486 e. The zero-order valence-electron chi connectivity index (χ0n) is 22.8. The first-order valence-corrected chi connectivity index (χ1v) is 14.1. The normalized spacial score (nSPS) is 16.1. The lowest BCUT2D eigenvalue weighted by atomic mass is 10.1. The van der Waals surface area contributed by atoms with E-state index in [1.165, 1.54) is 43.0 Å². The molecule has 1 aliphatic heterocycles. The van der Waals surface area contributed by atoms with Gasteiger partial charge in [0.15, 0.2) is 11.1 Å². The molecule has 3 rings (SSSR count). The number of nitrogens with zero attached hydrogens (tertiary/aromatic N) is 4. The summed E-state index contributed by atoms with van der Waals surface area (Å²) in [6.07, 6.45) is -5.34. The maximum absolute atomic E-state index is 13.8. The predicted octanol–water partition coefficient (Wildman–Crippen LogP) is 4.77. The van der Waals surface area contributed by atoms with Gasteiger partial charge < -0.3 is 14.2 Å². The number of ether oxygens (including phenoxy) is 3. The average Bonchev–Trinajstić information content (AvgIpc) is 3.26. The van der Waals surface area contributed by atoms with Gasteiger partial charge in [0, 0.05) is 38.8 Å². The van der Waals surface area contributed by atoms with Crippen molar-refractivity contribution >= 4 is 51.0 Å². The highest BCUT2D eigenvalue weighted by molar-refractivity contribution is 7.93. The van der Waals surface area contributed by atoms with Crippen LogP contribution >= 0.6 is 11.6 Å². The Hall–Kier alpha value is -3.53. The average molecular weight is 624 g/mol. The van der Waals surface area contributed by atoms with Crippen LogP contribution in [0.2, 0.25) is 5.15 Å². The van der Waals surface area contributed by atoms with Gasteiger partial charge in [0.05, 0.1) is 12.2 Å². The fourth-order valence-electron chi connectivity index (χ4n) is 3.69. The van der Waals surface area contributed by atoms with Crippen LogP contribution in [0.3, 0.4) is 0 Å². The van der Waals surface area contributed by atoms with Crippen LogP contribution in [-0.2, 0) is 30.8 Å². The number of aliphatic imine (C=N–C) groups is 1. The number of halogens is 4. The summed E-state index contributed by atoms with van der Waals surface area (Å²) < 4.78 is 85.0. The van der Waals surface area contributed by atoms with Gasteiger partial charge >= 0.3 is 18.2 Å². The number of sulfonamides is 1. The third-order valence-corrected chi connectivity index (χ3v) is 8.11. The van der Waals surface area contributed by atoms with Crippen molar-refractivity contribution in [2.45, 2.75) is 69.9 Å². The minimum atomic E-state index is -4.83. The zero-order chi connectivity index (χ0) is 30.8. The number of alkyl halides is 3. The lowest BCUT2D eigenvalue weighted by Crippen LogP contribution is -2.44. The third kappa shape index (κ3) is 7.41. The number of amides is 1. The van der Waals surface area contributed by atoms with Crippen LogP contribution in [0.5, 0.6) is 5.75 Å². The summed E-state index contributed by atoms with van der Waals surface area (Å²) >= 11 is 6.16. The van der Waals surface area contributed by atoms with E-state index in [2.05, 4.69) is 20.1 Å². The van der Waals surface area contributed by atoms with E-state index in [1.807, 2.05) is 0 Å². The number of rotatable bonds is 8. The van der Waals surface area contributed by atoms with Crippen LogP contribution in [0.4, 0.5) is 29.3 Å². The number of benzene rings is 1. The van der Waals surface area contributed by atoms with E-state index >= 15 is 0 Å². The lowest BCUT2D eigenvalue weighted by Gasteiger charge is -2.35. The second kappa shape index (κ2) is 12.1. The molecule has 226 valence electrons. The molecule has 12 nitrogen and oxygen atoms in total. The molecule has 2 heterocycles. The molecule has 2 aromatic rings. The van der Waals surface area contributed by atoms with Gasteiger partial charge in [-0.05, 0) is 45.4 Å². The maximum Gasteiger partial charge on any atom is 0.427 e. The van der Waals surface area contributed by atoms with Gasteiger partial charge in [-0.25, -0.2) is 13.2 Å². The van der Waals surface area contributed by atoms with Gasteiger partial charge in [0.25, 0.3) is 10.0 Å². The highest BCUT2D eigenvalue weighted by atomic mass is 35.5. The summed E-state index contributed by atoms with van der Waals surface area (Å²) in [5.41, 5.74) is -2.85. The van der Waals surface area contributed by atoms with Gasteiger partial charge in [-0.2, -0.15) is 18.3 Å². The molecule has 1 aromatic heterocycles. The van der Waals surface area contributed by atoms with Crippen molar-refractivity contribution in [3.05, 3.63) is 29.5 Å². The second-order valence-corrected chi connectivity index (χ2v) is 11.6. The van der Waals surface area contributed by atoms with Crippen molar-refractivity contribution in [2.24, 2.45) is 4.99 Å². The van der Waals surface area contributed by atoms with Crippen molar-refractivity contribution in [1.29, 1.82) is 0 Å². The minimum absolute atomic E-state index is 0.0150. The van der Waals surface area contributed by atoms with E-state index < -0.39 is 40.0 Å². The van der Waals surface area contributed by atoms with E-state index in [0.29, 0.717) is 20.4 Å².